The Balaban J connectivity index is 0.00000747. The van der Waals surface area contributed by atoms with Crippen LogP contribution in [0, 0.1) is 12.9 Å². The fraction of sp³-hybridized carbons (Fsp3) is 0.262. The molecule has 0 saturated heterocycles. The first kappa shape index (κ1) is 43.7. The minimum absolute atomic E-state index is 0. The van der Waals surface area contributed by atoms with Crippen molar-refractivity contribution in [2.24, 2.45) is 0 Å². The molecular weight excluding hydrogens is 1030 g/mol. The van der Waals surface area contributed by atoms with Crippen LogP contribution >= 0.6 is 0 Å². The fourth-order valence-corrected chi connectivity index (χ4v) is 9.48. The van der Waals surface area contributed by atoms with Gasteiger partial charge in [-0.2, -0.15) is 0 Å². The van der Waals surface area contributed by atoms with E-state index in [-0.39, 0.29) is 49.6 Å². The summed E-state index contributed by atoms with van der Waals surface area (Å²) in [6, 6.07) is 52.3. The summed E-state index contributed by atoms with van der Waals surface area (Å²) in [4.78, 5) is 10.4. The minimum atomic E-state index is -2.63. The van der Waals surface area contributed by atoms with Crippen molar-refractivity contribution in [3.05, 3.63) is 191 Å². The molecule has 70 heavy (non-hydrogen) atoms. The van der Waals surface area contributed by atoms with Gasteiger partial charge in [-0.1, -0.05) is 190 Å². The Morgan fingerprint density at radius 3 is 1.86 bits per heavy atom. The number of rotatable bonds is 11. The number of benzene rings is 7. The van der Waals surface area contributed by atoms with Gasteiger partial charge >= 0.3 is 0 Å². The van der Waals surface area contributed by atoms with Crippen molar-refractivity contribution in [3.8, 4) is 78.6 Å². The smallest absolute Gasteiger partial charge is 0.148 e. The van der Waals surface area contributed by atoms with E-state index in [1.165, 1.54) is 0 Å². The molecule has 5 heteroatoms. The van der Waals surface area contributed by atoms with E-state index in [1.54, 1.807) is 6.07 Å². The van der Waals surface area contributed by atoms with E-state index in [9.17, 15) is 12.0 Å². The van der Waals surface area contributed by atoms with E-state index in [4.69, 9.17) is 9.97 Å². The van der Waals surface area contributed by atoms with Crippen molar-refractivity contribution in [3.63, 3.8) is 0 Å². The van der Waals surface area contributed by atoms with Crippen molar-refractivity contribution in [2.75, 3.05) is 0 Å². The number of pyridine rings is 1. The van der Waals surface area contributed by atoms with Gasteiger partial charge in [-0.3, -0.25) is 9.55 Å². The summed E-state index contributed by atoms with van der Waals surface area (Å²) in [5, 5.41) is 12.4. The second kappa shape index (κ2) is 20.2. The van der Waals surface area contributed by atoms with Gasteiger partial charge in [0.05, 0.1) is 22.3 Å². The van der Waals surface area contributed by atoms with Crippen molar-refractivity contribution in [1.29, 1.82) is 0 Å². The predicted molar refractivity (Wildman–Crippen MR) is 292 cm³/mol. The number of phenolic OH excluding ortho intramolecular Hbond substituents is 1. The second-order valence-corrected chi connectivity index (χ2v) is 20.5. The van der Waals surface area contributed by atoms with Crippen LogP contribution in [0.4, 0.5) is 0 Å². The second-order valence-electron chi connectivity index (χ2n) is 20.5. The maximum atomic E-state index is 12.4. The Labute approximate surface area is 438 Å². The molecule has 0 aliphatic rings. The first-order valence-corrected chi connectivity index (χ1v) is 24.2. The molecule has 2 aromatic heterocycles. The molecule has 358 valence electrons. The van der Waals surface area contributed by atoms with Crippen LogP contribution in [0.5, 0.6) is 5.75 Å². The minimum Gasteiger partial charge on any atom is -0.507 e. The Bertz CT molecular complexity index is 3520. The Morgan fingerprint density at radius 1 is 0.600 bits per heavy atom. The van der Waals surface area contributed by atoms with Gasteiger partial charge in [0.25, 0.3) is 0 Å². The molecule has 0 spiro atoms. The number of aromatic nitrogens is 3. The molecule has 2 heterocycles. The summed E-state index contributed by atoms with van der Waals surface area (Å²) in [6.45, 7) is 19.6. The van der Waals surface area contributed by atoms with Gasteiger partial charge in [0.15, 0.2) is 0 Å². The van der Waals surface area contributed by atoms with E-state index < -0.39 is 18.6 Å². The Morgan fingerprint density at radius 2 is 1.23 bits per heavy atom. The molecule has 0 aliphatic carbocycles. The molecule has 0 bridgehead atoms. The topological polar surface area (TPSA) is 50.9 Å². The van der Waals surface area contributed by atoms with Gasteiger partial charge in [0, 0.05) is 39.8 Å². The number of para-hydroxylation sites is 1. The van der Waals surface area contributed by atoms with E-state index in [2.05, 4.69) is 115 Å². The Hall–Kier alpha value is -6.35. The first-order chi connectivity index (χ1) is 34.8. The van der Waals surface area contributed by atoms with Crippen LogP contribution in [0.2, 0.25) is 0 Å². The number of fused-ring (bicyclic) bond motifs is 1. The van der Waals surface area contributed by atoms with Crippen LogP contribution in [-0.2, 0) is 26.5 Å². The quantitative estimate of drug-likeness (QED) is 0.131. The summed E-state index contributed by atoms with van der Waals surface area (Å²) < 4.78 is 47.8. The van der Waals surface area contributed by atoms with Crippen LogP contribution < -0.4 is 0 Å². The van der Waals surface area contributed by atoms with Gasteiger partial charge in [-0.25, -0.2) is 4.98 Å². The number of phenols is 1. The molecule has 0 fully saturated rings. The average Bonchev–Trinajstić information content (AvgIpc) is 3.74. The summed E-state index contributed by atoms with van der Waals surface area (Å²) in [7, 11) is 0. The van der Waals surface area contributed by atoms with Gasteiger partial charge in [0.1, 0.15) is 11.6 Å². The summed E-state index contributed by atoms with van der Waals surface area (Å²) >= 11 is 0. The third kappa shape index (κ3) is 9.73. The molecule has 9 aromatic rings. The molecule has 9 rings (SSSR count). The molecule has 0 unspecified atom stereocenters. The largest absolute Gasteiger partial charge is 0.507 e. The third-order valence-corrected chi connectivity index (χ3v) is 13.4. The zero-order valence-corrected chi connectivity index (χ0v) is 44.5. The van der Waals surface area contributed by atoms with Crippen LogP contribution in [0.3, 0.4) is 0 Å². The number of aryl methyl sites for hydroxylation is 1. The van der Waals surface area contributed by atoms with E-state index in [0.29, 0.717) is 50.4 Å². The van der Waals surface area contributed by atoms with Crippen LogP contribution in [0.25, 0.3) is 83.9 Å². The maximum absolute atomic E-state index is 12.4. The summed E-state index contributed by atoms with van der Waals surface area (Å²) in [5.74, 6) is -1.53. The zero-order chi connectivity index (χ0) is 53.2. The molecule has 1 N–H and O–H groups in total. The van der Waals surface area contributed by atoms with Crippen molar-refractivity contribution in [1.82, 2.24) is 14.5 Å². The van der Waals surface area contributed by atoms with E-state index >= 15 is 0 Å². The monoisotopic (exact) mass is 1100 g/mol. The predicted octanol–water partition coefficient (Wildman–Crippen LogP) is 18.0. The molecule has 4 nitrogen and oxygen atoms in total. The fourth-order valence-electron chi connectivity index (χ4n) is 9.48. The molecule has 7 aromatic carbocycles. The molecule has 0 atom stereocenters. The standard InChI is InChI=1S/C65H66N3O.Pt/c1-39(2)49-36-56(42(7)8)63(69)57(37-49)64-67-62-55(22-17-23-60(62)68(64)59-29-28-48(32-43(59)9)61-53(40(3)4)20-16-21-54(61)41(5)6)50-33-51(35-52(34-50)65(10,11)12)58-38-47(30-31-66-58)46-26-24-45(25-27-46)44-18-14-13-15-19-44;/h13-32,34-42,69H,1-12H3;/q-1;/i9D3,40D,41D;. The molecule has 0 saturated carbocycles. The number of hydrogen-bond donors (Lipinski definition) is 1. The van der Waals surface area contributed by atoms with Crippen molar-refractivity contribution >= 4 is 11.0 Å². The van der Waals surface area contributed by atoms with Crippen LogP contribution in [-0.4, -0.2) is 19.6 Å². The van der Waals surface area contributed by atoms with E-state index in [1.807, 2.05) is 117 Å². The number of nitrogens with zero attached hydrogens (tertiary/aromatic N) is 3. The molecule has 0 amide bonds. The number of imidazole rings is 1. The van der Waals surface area contributed by atoms with Gasteiger partial charge in [0.2, 0.25) is 0 Å². The van der Waals surface area contributed by atoms with Gasteiger partial charge in [-0.15, -0.1) is 29.3 Å². The molecular formula is C65H66N3OPt-. The third-order valence-electron chi connectivity index (χ3n) is 13.4. The van der Waals surface area contributed by atoms with Crippen LogP contribution in [0.1, 0.15) is 140 Å². The maximum Gasteiger partial charge on any atom is 0.148 e. The number of hydrogen-bond acceptors (Lipinski definition) is 3. The Kier molecular flexibility index (Phi) is 12.6. The molecule has 0 radical (unpaired) electrons. The van der Waals surface area contributed by atoms with Crippen molar-refractivity contribution in [2.45, 2.75) is 112 Å². The summed E-state index contributed by atoms with van der Waals surface area (Å²) in [5.41, 5.74) is 15.1. The van der Waals surface area contributed by atoms with Crippen LogP contribution in [0.15, 0.2) is 152 Å². The SMILES string of the molecule is [2H]C([2H])([2H])c1cc(-c2c(C([2H])(C)C)cccc2C([2H])(C)C)ccc1-n1c(-c2cc(C(C)C)cc(C(C)C)c2O)nc2c(-c3[c-]c(-c4cc(-c5ccc(-c6ccccc6)cc5)ccn4)cc(C(C)(C)C)c3)cccc21.[Pt]. The van der Waals surface area contributed by atoms with Crippen molar-refractivity contribution < 1.29 is 33.0 Å². The van der Waals surface area contributed by atoms with E-state index in [0.717, 1.165) is 61.3 Å². The first-order valence-electron chi connectivity index (χ1n) is 26.7. The molecule has 0 aliphatic heterocycles. The average molecular weight is 1110 g/mol. The summed E-state index contributed by atoms with van der Waals surface area (Å²) in [6.07, 6.45) is 1.85. The van der Waals surface area contributed by atoms with Gasteiger partial charge < -0.3 is 5.11 Å². The number of aromatic hydroxyl groups is 1. The zero-order valence-electron chi connectivity index (χ0n) is 47.2. The normalized spacial score (nSPS) is 13.4. The van der Waals surface area contributed by atoms with Gasteiger partial charge in [-0.05, 0) is 127 Å².